The van der Waals surface area contributed by atoms with E-state index in [9.17, 15) is 35.1 Å². The van der Waals surface area contributed by atoms with Crippen molar-refractivity contribution in [1.29, 1.82) is 0 Å². The minimum Gasteiger partial charge on any atom is -0.504 e. The number of aliphatic imine (C=N–C) groups is 1. The number of rotatable bonds is 6. The Kier molecular flexibility index (Phi) is 6.74. The molecule has 6 atom stereocenters. The van der Waals surface area contributed by atoms with Gasteiger partial charge in [-0.25, -0.2) is 0 Å². The van der Waals surface area contributed by atoms with Crippen molar-refractivity contribution in [2.45, 2.75) is 43.2 Å². The summed E-state index contributed by atoms with van der Waals surface area (Å²) in [5.41, 5.74) is 10.5. The number of phenolic OH excluding ortho intramolecular Hbond substituents is 1. The fourth-order valence-corrected chi connectivity index (χ4v) is 4.15. The van der Waals surface area contributed by atoms with Gasteiger partial charge in [0.1, 0.15) is 24.4 Å². The summed E-state index contributed by atoms with van der Waals surface area (Å²) in [6.07, 6.45) is -9.67. The molecule has 2 aromatic rings. The maximum absolute atomic E-state index is 13.0. The number of hydrogen-bond donors (Lipinski definition) is 7. The molecule has 2 aliphatic rings. The van der Waals surface area contributed by atoms with Crippen LogP contribution in [0.5, 0.6) is 11.5 Å². The molecule has 4 rings (SSSR count). The predicted octanol–water partition coefficient (Wildman–Crippen LogP) is -1.62. The van der Waals surface area contributed by atoms with Crippen LogP contribution in [0.15, 0.2) is 41.4 Å². The molecular formula is C23H25N3O9. The summed E-state index contributed by atoms with van der Waals surface area (Å²) < 4.78 is 11.0. The van der Waals surface area contributed by atoms with Crippen LogP contribution in [-0.4, -0.2) is 86.4 Å². The largest absolute Gasteiger partial charge is 0.504 e. The fourth-order valence-electron chi connectivity index (χ4n) is 4.15. The molecule has 0 spiro atoms. The van der Waals surface area contributed by atoms with Crippen LogP contribution < -0.4 is 16.2 Å². The molecule has 0 amide bonds. The summed E-state index contributed by atoms with van der Waals surface area (Å²) in [7, 11) is 0. The Morgan fingerprint density at radius 3 is 2.29 bits per heavy atom. The van der Waals surface area contributed by atoms with Crippen LogP contribution in [0.2, 0.25) is 0 Å². The van der Waals surface area contributed by atoms with Gasteiger partial charge in [-0.05, 0) is 18.6 Å². The number of hydrogen-bond acceptors (Lipinski definition) is 10. The molecule has 9 N–H and O–H groups in total. The number of ether oxygens (including phenoxy) is 2. The lowest BCUT2D eigenvalue weighted by Crippen LogP contribution is -2.62. The minimum atomic E-state index is -1.78. The molecule has 0 saturated carbocycles. The van der Waals surface area contributed by atoms with Gasteiger partial charge in [-0.1, -0.05) is 24.3 Å². The van der Waals surface area contributed by atoms with Gasteiger partial charge in [-0.3, -0.25) is 14.6 Å². The molecule has 186 valence electrons. The molecule has 1 saturated heterocycles. The minimum absolute atomic E-state index is 0.00345. The average molecular weight is 487 g/mol. The van der Waals surface area contributed by atoms with Gasteiger partial charge >= 0.3 is 0 Å². The third kappa shape index (κ3) is 4.45. The van der Waals surface area contributed by atoms with Gasteiger partial charge in [0.25, 0.3) is 0 Å². The molecule has 6 unspecified atom stereocenters. The van der Waals surface area contributed by atoms with Gasteiger partial charge in [0.05, 0.1) is 11.7 Å². The quantitative estimate of drug-likeness (QED) is 0.155. The number of benzene rings is 2. The van der Waals surface area contributed by atoms with E-state index < -0.39 is 54.1 Å². The van der Waals surface area contributed by atoms with Crippen molar-refractivity contribution in [2.75, 3.05) is 6.54 Å². The molecule has 12 heteroatoms. The molecule has 35 heavy (non-hydrogen) atoms. The zero-order chi connectivity index (χ0) is 25.4. The van der Waals surface area contributed by atoms with Crippen LogP contribution in [0, 0.1) is 0 Å². The number of carbonyl (C=O) groups is 2. The van der Waals surface area contributed by atoms with Gasteiger partial charge in [-0.2, -0.15) is 0 Å². The fraction of sp³-hybridized carbons (Fsp3) is 0.348. The second-order valence-electron chi connectivity index (χ2n) is 8.26. The molecule has 1 fully saturated rings. The molecule has 0 bridgehead atoms. The number of nitrogens with two attached hydrogens (primary N) is 2. The molecular weight excluding hydrogens is 462 g/mol. The topological polar surface area (TPSA) is 218 Å². The first-order chi connectivity index (χ1) is 16.6. The number of carbonyl (C=O) groups excluding carboxylic acids is 2. The van der Waals surface area contributed by atoms with Gasteiger partial charge in [0.2, 0.25) is 6.29 Å². The first-order valence-corrected chi connectivity index (χ1v) is 10.8. The lowest BCUT2D eigenvalue weighted by atomic mass is 9.83. The van der Waals surface area contributed by atoms with Gasteiger partial charge in [-0.15, -0.1) is 0 Å². The van der Waals surface area contributed by atoms with E-state index in [0.717, 1.165) is 0 Å². The van der Waals surface area contributed by atoms with Crippen LogP contribution in [0.3, 0.4) is 0 Å². The van der Waals surface area contributed by atoms with Gasteiger partial charge < -0.3 is 46.5 Å². The summed E-state index contributed by atoms with van der Waals surface area (Å²) in [4.78, 5) is 29.5. The molecule has 1 heterocycles. The third-order valence-corrected chi connectivity index (χ3v) is 5.98. The van der Waals surface area contributed by atoms with Crippen LogP contribution >= 0.6 is 0 Å². The summed E-state index contributed by atoms with van der Waals surface area (Å²) >= 11 is 0. The van der Waals surface area contributed by atoms with Crippen LogP contribution in [0.4, 0.5) is 0 Å². The number of ketones is 2. The van der Waals surface area contributed by atoms with Crippen LogP contribution in [-0.2, 0) is 4.74 Å². The van der Waals surface area contributed by atoms with Crippen molar-refractivity contribution in [2.24, 2.45) is 16.5 Å². The van der Waals surface area contributed by atoms with E-state index in [4.69, 9.17) is 20.9 Å². The Labute approximate surface area is 199 Å². The number of aliphatic hydroxyl groups excluding tert-OH is 4. The van der Waals surface area contributed by atoms with E-state index in [1.807, 2.05) is 0 Å². The van der Waals surface area contributed by atoms with Gasteiger partial charge in [0.15, 0.2) is 29.0 Å². The second-order valence-corrected chi connectivity index (χ2v) is 8.26. The summed E-state index contributed by atoms with van der Waals surface area (Å²) in [6, 6.07) is 8.69. The highest BCUT2D eigenvalue weighted by Crippen LogP contribution is 2.40. The lowest BCUT2D eigenvalue weighted by molar-refractivity contribution is -0.288. The van der Waals surface area contributed by atoms with Crippen LogP contribution in [0.25, 0.3) is 0 Å². The number of phenols is 1. The Hall–Kier alpha value is -3.55. The first kappa shape index (κ1) is 24.6. The Balaban J connectivity index is 1.59. The smallest absolute Gasteiger partial charge is 0.229 e. The zero-order valence-corrected chi connectivity index (χ0v) is 18.3. The highest BCUT2D eigenvalue weighted by Gasteiger charge is 2.47. The van der Waals surface area contributed by atoms with Crippen molar-refractivity contribution in [1.82, 2.24) is 0 Å². The van der Waals surface area contributed by atoms with Crippen molar-refractivity contribution < 1.29 is 44.6 Å². The highest BCUT2D eigenvalue weighted by atomic mass is 16.7. The summed E-state index contributed by atoms with van der Waals surface area (Å²) in [5.74, 6) is -2.21. The van der Waals surface area contributed by atoms with Crippen molar-refractivity contribution in [3.63, 3.8) is 0 Å². The van der Waals surface area contributed by atoms with Crippen molar-refractivity contribution >= 4 is 17.5 Å². The van der Waals surface area contributed by atoms with Crippen molar-refractivity contribution in [3.05, 3.63) is 58.7 Å². The standard InChI is InChI=1S/C23H25N3O9/c24-23(25)26-8-7-12(27)21-19(32)18(31)20(33)22(35-21)34-13-6-5-11-14(17(13)30)16(29)10-4-2-1-3-9(10)15(11)28/h1-6,12,18-22,27,30-33H,7-8H2,(H4,24,25,26). The molecule has 12 nitrogen and oxygen atoms in total. The molecule has 1 aliphatic heterocycles. The van der Waals surface area contributed by atoms with Gasteiger partial charge in [0, 0.05) is 23.2 Å². The number of guanidine groups is 1. The molecule has 0 radical (unpaired) electrons. The van der Waals surface area contributed by atoms with E-state index in [0.29, 0.717) is 0 Å². The number of nitrogens with zero attached hydrogens (tertiary/aromatic N) is 1. The van der Waals surface area contributed by atoms with E-state index in [-0.39, 0.29) is 46.9 Å². The first-order valence-electron chi connectivity index (χ1n) is 10.8. The Morgan fingerprint density at radius 2 is 1.63 bits per heavy atom. The second kappa shape index (κ2) is 9.60. The normalized spacial score (nSPS) is 26.5. The number of aromatic hydroxyl groups is 1. The van der Waals surface area contributed by atoms with E-state index in [1.54, 1.807) is 12.1 Å². The average Bonchev–Trinajstić information content (AvgIpc) is 2.83. The lowest BCUT2D eigenvalue weighted by Gasteiger charge is -2.42. The predicted molar refractivity (Wildman–Crippen MR) is 120 cm³/mol. The third-order valence-electron chi connectivity index (χ3n) is 5.98. The van der Waals surface area contributed by atoms with E-state index >= 15 is 0 Å². The SMILES string of the molecule is NC(N)=NCCC(O)C1OC(Oc2ccc3c(c2O)C(=O)c2ccccc2C3=O)C(O)C(O)C1O. The van der Waals surface area contributed by atoms with E-state index in [2.05, 4.69) is 4.99 Å². The van der Waals surface area contributed by atoms with Crippen LogP contribution in [0.1, 0.15) is 38.3 Å². The maximum Gasteiger partial charge on any atom is 0.229 e. The Bertz CT molecular complexity index is 1180. The monoisotopic (exact) mass is 487 g/mol. The van der Waals surface area contributed by atoms with Crippen molar-refractivity contribution in [3.8, 4) is 11.5 Å². The Morgan fingerprint density at radius 1 is 0.971 bits per heavy atom. The number of aliphatic hydroxyl groups is 4. The highest BCUT2D eigenvalue weighted by molar-refractivity contribution is 6.29. The molecule has 0 aromatic heterocycles. The molecule has 2 aromatic carbocycles. The van der Waals surface area contributed by atoms with E-state index in [1.165, 1.54) is 24.3 Å². The summed E-state index contributed by atoms with van der Waals surface area (Å²) in [6.45, 7) is 0.00345. The zero-order valence-electron chi connectivity index (χ0n) is 18.3. The number of fused-ring (bicyclic) bond motifs is 2. The maximum atomic E-state index is 13.0. The molecule has 1 aliphatic carbocycles. The summed E-state index contributed by atoms with van der Waals surface area (Å²) in [5, 5.41) is 52.1.